The SMILES string of the molecule is C=CCCC(=O)COC. The zero-order valence-corrected chi connectivity index (χ0v) is 5.72. The molecule has 0 bridgehead atoms. The Hall–Kier alpha value is -0.630. The average Bonchev–Trinajstić information content (AvgIpc) is 1.85. The van der Waals surface area contributed by atoms with Gasteiger partial charge in [0, 0.05) is 13.5 Å². The van der Waals surface area contributed by atoms with Crippen LogP contribution in [0.5, 0.6) is 0 Å². The Kier molecular flexibility index (Phi) is 5.12. The first-order valence-electron chi connectivity index (χ1n) is 2.92. The number of ether oxygens (including phenoxy) is 1. The summed E-state index contributed by atoms with van der Waals surface area (Å²) < 4.78 is 4.62. The van der Waals surface area contributed by atoms with Crippen LogP contribution in [0.15, 0.2) is 12.7 Å². The Labute approximate surface area is 55.5 Å². The van der Waals surface area contributed by atoms with E-state index in [4.69, 9.17) is 0 Å². The summed E-state index contributed by atoms with van der Waals surface area (Å²) in [5.41, 5.74) is 0. The van der Waals surface area contributed by atoms with E-state index in [1.165, 1.54) is 7.11 Å². The quantitative estimate of drug-likeness (QED) is 0.519. The number of allylic oxidation sites excluding steroid dienone is 1. The van der Waals surface area contributed by atoms with E-state index in [1.807, 2.05) is 0 Å². The van der Waals surface area contributed by atoms with Crippen molar-refractivity contribution in [3.05, 3.63) is 12.7 Å². The molecule has 9 heavy (non-hydrogen) atoms. The van der Waals surface area contributed by atoms with Gasteiger partial charge in [-0.05, 0) is 6.42 Å². The maximum Gasteiger partial charge on any atom is 0.158 e. The molecule has 0 amide bonds. The zero-order chi connectivity index (χ0) is 7.11. The van der Waals surface area contributed by atoms with Crippen molar-refractivity contribution in [3.63, 3.8) is 0 Å². The van der Waals surface area contributed by atoms with E-state index in [2.05, 4.69) is 11.3 Å². The van der Waals surface area contributed by atoms with Crippen molar-refractivity contribution in [2.24, 2.45) is 0 Å². The van der Waals surface area contributed by atoms with E-state index in [0.717, 1.165) is 6.42 Å². The first-order chi connectivity index (χ1) is 4.31. The third-order valence-corrected chi connectivity index (χ3v) is 0.933. The van der Waals surface area contributed by atoms with Gasteiger partial charge in [-0.25, -0.2) is 0 Å². The number of Topliss-reactive ketones (excluding diaryl/α,β-unsaturated/α-hetero) is 1. The molecule has 0 N–H and O–H groups in total. The van der Waals surface area contributed by atoms with E-state index >= 15 is 0 Å². The molecule has 0 atom stereocenters. The molecule has 2 nitrogen and oxygen atoms in total. The molecular formula is C7H12O2. The largest absolute Gasteiger partial charge is 0.377 e. The summed E-state index contributed by atoms with van der Waals surface area (Å²) in [6.45, 7) is 3.73. The second-order valence-electron chi connectivity index (χ2n) is 1.80. The Morgan fingerprint density at radius 2 is 2.44 bits per heavy atom. The highest BCUT2D eigenvalue weighted by atomic mass is 16.5. The third-order valence-electron chi connectivity index (χ3n) is 0.933. The molecule has 0 spiro atoms. The summed E-state index contributed by atoms with van der Waals surface area (Å²) in [4.78, 5) is 10.6. The van der Waals surface area contributed by atoms with Crippen LogP contribution >= 0.6 is 0 Å². The van der Waals surface area contributed by atoms with Gasteiger partial charge in [0.05, 0.1) is 0 Å². The number of methoxy groups -OCH3 is 1. The number of carbonyl (C=O) groups is 1. The number of hydrogen-bond donors (Lipinski definition) is 0. The highest BCUT2D eigenvalue weighted by Crippen LogP contribution is 1.90. The fourth-order valence-electron chi connectivity index (χ4n) is 0.496. The predicted octanol–water partition coefficient (Wildman–Crippen LogP) is 1.17. The van der Waals surface area contributed by atoms with E-state index in [9.17, 15) is 4.79 Å². The maximum absolute atomic E-state index is 10.6. The van der Waals surface area contributed by atoms with Gasteiger partial charge >= 0.3 is 0 Å². The molecule has 0 aliphatic heterocycles. The van der Waals surface area contributed by atoms with Gasteiger partial charge in [-0.3, -0.25) is 4.79 Å². The number of ketones is 1. The summed E-state index contributed by atoms with van der Waals surface area (Å²) in [6, 6.07) is 0. The average molecular weight is 128 g/mol. The van der Waals surface area contributed by atoms with Crippen LogP contribution in [0.2, 0.25) is 0 Å². The highest BCUT2D eigenvalue weighted by molar-refractivity contribution is 5.79. The lowest BCUT2D eigenvalue weighted by atomic mass is 10.2. The fraction of sp³-hybridized carbons (Fsp3) is 0.571. The molecular weight excluding hydrogens is 116 g/mol. The molecule has 0 unspecified atom stereocenters. The maximum atomic E-state index is 10.6. The summed E-state index contributed by atoms with van der Waals surface area (Å²) >= 11 is 0. The van der Waals surface area contributed by atoms with Crippen LogP contribution in [-0.2, 0) is 9.53 Å². The van der Waals surface area contributed by atoms with Crippen LogP contribution in [0.4, 0.5) is 0 Å². The Balaban J connectivity index is 3.16. The molecule has 0 aromatic rings. The topological polar surface area (TPSA) is 26.3 Å². The van der Waals surface area contributed by atoms with E-state index in [1.54, 1.807) is 6.08 Å². The van der Waals surface area contributed by atoms with Gasteiger partial charge < -0.3 is 4.74 Å². The lowest BCUT2D eigenvalue weighted by Crippen LogP contribution is -2.04. The van der Waals surface area contributed by atoms with Crippen molar-refractivity contribution in [2.45, 2.75) is 12.8 Å². The summed E-state index contributed by atoms with van der Waals surface area (Å²) in [5.74, 6) is 0.136. The van der Waals surface area contributed by atoms with Crippen molar-refractivity contribution in [1.82, 2.24) is 0 Å². The van der Waals surface area contributed by atoms with Gasteiger partial charge in [0.1, 0.15) is 6.61 Å². The number of hydrogen-bond acceptors (Lipinski definition) is 2. The molecule has 0 aliphatic carbocycles. The first kappa shape index (κ1) is 8.37. The normalized spacial score (nSPS) is 9.00. The third kappa shape index (κ3) is 5.24. The lowest BCUT2D eigenvalue weighted by molar-refractivity contribution is -0.122. The highest BCUT2D eigenvalue weighted by Gasteiger charge is 1.96. The van der Waals surface area contributed by atoms with Crippen molar-refractivity contribution < 1.29 is 9.53 Å². The van der Waals surface area contributed by atoms with E-state index in [-0.39, 0.29) is 12.4 Å². The van der Waals surface area contributed by atoms with Crippen molar-refractivity contribution in [2.75, 3.05) is 13.7 Å². The molecule has 0 saturated carbocycles. The van der Waals surface area contributed by atoms with Gasteiger partial charge in [-0.15, -0.1) is 6.58 Å². The van der Waals surface area contributed by atoms with Gasteiger partial charge in [0.25, 0.3) is 0 Å². The predicted molar refractivity (Wildman–Crippen MR) is 36.3 cm³/mol. The monoisotopic (exact) mass is 128 g/mol. The van der Waals surface area contributed by atoms with Crippen LogP contribution in [-0.4, -0.2) is 19.5 Å². The van der Waals surface area contributed by atoms with Gasteiger partial charge in [0.15, 0.2) is 5.78 Å². The Morgan fingerprint density at radius 3 is 2.89 bits per heavy atom. The van der Waals surface area contributed by atoms with Crippen LogP contribution < -0.4 is 0 Å². The summed E-state index contributed by atoms with van der Waals surface area (Å²) in [6.07, 6.45) is 3.03. The van der Waals surface area contributed by atoms with Gasteiger partial charge in [-0.1, -0.05) is 6.08 Å². The Morgan fingerprint density at radius 1 is 1.78 bits per heavy atom. The van der Waals surface area contributed by atoms with E-state index in [0.29, 0.717) is 6.42 Å². The van der Waals surface area contributed by atoms with Crippen molar-refractivity contribution in [1.29, 1.82) is 0 Å². The van der Waals surface area contributed by atoms with Crippen LogP contribution in [0.1, 0.15) is 12.8 Å². The van der Waals surface area contributed by atoms with Crippen molar-refractivity contribution in [3.8, 4) is 0 Å². The number of carbonyl (C=O) groups excluding carboxylic acids is 1. The van der Waals surface area contributed by atoms with Crippen LogP contribution in [0, 0.1) is 0 Å². The molecule has 0 aromatic carbocycles. The lowest BCUT2D eigenvalue weighted by Gasteiger charge is -1.93. The molecule has 2 heteroatoms. The molecule has 0 aliphatic rings. The number of rotatable bonds is 5. The first-order valence-corrected chi connectivity index (χ1v) is 2.92. The van der Waals surface area contributed by atoms with E-state index < -0.39 is 0 Å². The minimum absolute atomic E-state index is 0.136. The Bertz CT molecular complexity index is 97.1. The fourth-order valence-corrected chi connectivity index (χ4v) is 0.496. The van der Waals surface area contributed by atoms with Gasteiger partial charge in [-0.2, -0.15) is 0 Å². The second-order valence-corrected chi connectivity index (χ2v) is 1.80. The van der Waals surface area contributed by atoms with Crippen molar-refractivity contribution >= 4 is 5.78 Å². The minimum atomic E-state index is 0.136. The molecule has 0 fully saturated rings. The summed E-state index contributed by atoms with van der Waals surface area (Å²) in [5, 5.41) is 0. The standard InChI is InChI=1S/C7H12O2/c1-3-4-5-7(8)6-9-2/h3H,1,4-6H2,2H3. The molecule has 0 heterocycles. The molecule has 0 rings (SSSR count). The smallest absolute Gasteiger partial charge is 0.158 e. The zero-order valence-electron chi connectivity index (χ0n) is 5.72. The van der Waals surface area contributed by atoms with Crippen LogP contribution in [0.3, 0.4) is 0 Å². The molecule has 0 radical (unpaired) electrons. The minimum Gasteiger partial charge on any atom is -0.377 e. The molecule has 0 aromatic heterocycles. The van der Waals surface area contributed by atoms with Gasteiger partial charge in [0.2, 0.25) is 0 Å². The molecule has 0 saturated heterocycles. The second kappa shape index (κ2) is 5.51. The summed E-state index contributed by atoms with van der Waals surface area (Å²) in [7, 11) is 1.52. The van der Waals surface area contributed by atoms with Crippen LogP contribution in [0.25, 0.3) is 0 Å². The molecule has 52 valence electrons.